The van der Waals surface area contributed by atoms with E-state index < -0.39 is 0 Å². The number of halogens is 1. The molecule has 0 saturated carbocycles. The highest BCUT2D eigenvalue weighted by molar-refractivity contribution is 9.10. The highest BCUT2D eigenvalue weighted by Crippen LogP contribution is 2.24. The number of nitrogens with zero attached hydrogens (tertiary/aromatic N) is 3. The number of rotatable bonds is 3. The molecule has 92 valence electrons. The van der Waals surface area contributed by atoms with Crippen molar-refractivity contribution < 1.29 is 0 Å². The maximum absolute atomic E-state index is 9.05. The van der Waals surface area contributed by atoms with Gasteiger partial charge in [0, 0.05) is 16.7 Å². The molecular weight excluding hydrogens is 292 g/mol. The minimum absolute atomic E-state index is 0.318. The summed E-state index contributed by atoms with van der Waals surface area (Å²) in [6, 6.07) is 7.99. The molecule has 1 heterocycles. The van der Waals surface area contributed by atoms with E-state index in [1.807, 2.05) is 23.0 Å². The van der Waals surface area contributed by atoms with Gasteiger partial charge in [0.15, 0.2) is 0 Å². The molecule has 0 fully saturated rings. The van der Waals surface area contributed by atoms with Crippen LogP contribution in [-0.4, -0.2) is 9.78 Å². The minimum Gasteiger partial charge on any atom is -0.352 e. The summed E-state index contributed by atoms with van der Waals surface area (Å²) in [6.07, 6.45) is 3.68. The molecule has 1 aromatic carbocycles. The van der Waals surface area contributed by atoms with Crippen LogP contribution in [0, 0.1) is 11.3 Å². The Labute approximate surface area is 114 Å². The first-order valence-corrected chi connectivity index (χ1v) is 6.40. The summed E-state index contributed by atoms with van der Waals surface area (Å²) < 4.78 is 2.80. The van der Waals surface area contributed by atoms with Crippen LogP contribution in [0.1, 0.15) is 25.5 Å². The van der Waals surface area contributed by atoms with Crippen molar-refractivity contribution in [3.8, 4) is 6.07 Å². The molecule has 0 radical (unpaired) electrons. The summed E-state index contributed by atoms with van der Waals surface area (Å²) in [5, 5.41) is 16.5. The van der Waals surface area contributed by atoms with Crippen molar-refractivity contribution in [2.24, 2.45) is 0 Å². The van der Waals surface area contributed by atoms with Gasteiger partial charge in [-0.05, 0) is 32.0 Å². The smallest absolute Gasteiger partial charge is 0.101 e. The normalized spacial score (nSPS) is 10.4. The number of aromatic nitrogens is 2. The van der Waals surface area contributed by atoms with Gasteiger partial charge in [-0.3, -0.25) is 4.68 Å². The summed E-state index contributed by atoms with van der Waals surface area (Å²) >= 11 is 3.40. The Balaban J connectivity index is 2.28. The van der Waals surface area contributed by atoms with Crippen LogP contribution in [0.25, 0.3) is 0 Å². The molecule has 0 saturated heterocycles. The highest BCUT2D eigenvalue weighted by atomic mass is 79.9. The standard InChI is InChI=1S/C13H13BrN4/c1-9(2)18-8-12(7-16-18)17-13-5-11(14)4-3-10(13)6-15/h3-5,7-9,17H,1-2H3. The number of benzene rings is 1. The van der Waals surface area contributed by atoms with Crippen molar-refractivity contribution in [3.05, 3.63) is 40.6 Å². The summed E-state index contributed by atoms with van der Waals surface area (Å²) in [5.74, 6) is 0. The molecule has 5 heteroatoms. The number of anilines is 2. The third kappa shape index (κ3) is 2.71. The third-order valence-electron chi connectivity index (χ3n) is 2.51. The van der Waals surface area contributed by atoms with Gasteiger partial charge in [0.05, 0.1) is 23.1 Å². The van der Waals surface area contributed by atoms with Gasteiger partial charge in [0.2, 0.25) is 0 Å². The van der Waals surface area contributed by atoms with Crippen LogP contribution >= 0.6 is 15.9 Å². The van der Waals surface area contributed by atoms with E-state index in [9.17, 15) is 0 Å². The lowest BCUT2D eigenvalue weighted by Gasteiger charge is -2.07. The summed E-state index contributed by atoms with van der Waals surface area (Å²) in [7, 11) is 0. The molecule has 0 atom stereocenters. The van der Waals surface area contributed by atoms with Crippen LogP contribution in [-0.2, 0) is 0 Å². The zero-order valence-corrected chi connectivity index (χ0v) is 11.8. The number of hydrogen-bond donors (Lipinski definition) is 1. The van der Waals surface area contributed by atoms with Gasteiger partial charge in [-0.2, -0.15) is 10.4 Å². The molecular formula is C13H13BrN4. The molecule has 18 heavy (non-hydrogen) atoms. The predicted octanol–water partition coefficient (Wildman–Crippen LogP) is 3.84. The van der Waals surface area contributed by atoms with E-state index in [-0.39, 0.29) is 0 Å². The first kappa shape index (κ1) is 12.7. The van der Waals surface area contributed by atoms with Gasteiger partial charge in [0.25, 0.3) is 0 Å². The van der Waals surface area contributed by atoms with Gasteiger partial charge >= 0.3 is 0 Å². The maximum atomic E-state index is 9.05. The van der Waals surface area contributed by atoms with Gasteiger partial charge < -0.3 is 5.32 Å². The lowest BCUT2D eigenvalue weighted by atomic mass is 10.2. The largest absolute Gasteiger partial charge is 0.352 e. The Morgan fingerprint density at radius 3 is 2.83 bits per heavy atom. The van der Waals surface area contributed by atoms with Crippen LogP contribution in [0.15, 0.2) is 35.1 Å². The summed E-state index contributed by atoms with van der Waals surface area (Å²) in [4.78, 5) is 0. The lowest BCUT2D eigenvalue weighted by molar-refractivity contribution is 0.532. The second-order valence-corrected chi connectivity index (χ2v) is 5.15. The van der Waals surface area contributed by atoms with E-state index in [1.165, 1.54) is 0 Å². The van der Waals surface area contributed by atoms with E-state index >= 15 is 0 Å². The molecule has 0 unspecified atom stereocenters. The van der Waals surface area contributed by atoms with Crippen LogP contribution in [0.3, 0.4) is 0 Å². The van der Waals surface area contributed by atoms with Crippen LogP contribution in [0.4, 0.5) is 11.4 Å². The molecule has 1 aromatic heterocycles. The molecule has 0 aliphatic carbocycles. The Morgan fingerprint density at radius 2 is 2.22 bits per heavy atom. The summed E-state index contributed by atoms with van der Waals surface area (Å²) in [5.41, 5.74) is 2.25. The van der Waals surface area contributed by atoms with Crippen LogP contribution < -0.4 is 5.32 Å². The Morgan fingerprint density at radius 1 is 1.44 bits per heavy atom. The zero-order chi connectivity index (χ0) is 13.1. The predicted molar refractivity (Wildman–Crippen MR) is 74.8 cm³/mol. The maximum Gasteiger partial charge on any atom is 0.101 e. The van der Waals surface area contributed by atoms with Gasteiger partial charge in [-0.15, -0.1) is 0 Å². The topological polar surface area (TPSA) is 53.6 Å². The molecule has 0 amide bonds. The van der Waals surface area contributed by atoms with Gasteiger partial charge in [-0.25, -0.2) is 0 Å². The van der Waals surface area contributed by atoms with E-state index in [0.29, 0.717) is 11.6 Å². The Hall–Kier alpha value is -1.80. The van der Waals surface area contributed by atoms with Crippen molar-refractivity contribution >= 4 is 27.3 Å². The molecule has 0 spiro atoms. The molecule has 0 bridgehead atoms. The first-order chi connectivity index (χ1) is 8.60. The fourth-order valence-electron chi connectivity index (χ4n) is 1.56. The van der Waals surface area contributed by atoms with E-state index in [1.54, 1.807) is 12.3 Å². The van der Waals surface area contributed by atoms with Gasteiger partial charge in [0.1, 0.15) is 6.07 Å². The highest BCUT2D eigenvalue weighted by Gasteiger charge is 2.06. The second kappa shape index (κ2) is 5.23. The van der Waals surface area contributed by atoms with E-state index in [2.05, 4.69) is 46.3 Å². The minimum atomic E-state index is 0.318. The number of hydrogen-bond acceptors (Lipinski definition) is 3. The molecule has 2 aromatic rings. The Kier molecular flexibility index (Phi) is 3.68. The molecule has 1 N–H and O–H groups in total. The SMILES string of the molecule is CC(C)n1cc(Nc2cc(Br)ccc2C#N)cn1. The second-order valence-electron chi connectivity index (χ2n) is 4.23. The van der Waals surface area contributed by atoms with Crippen LogP contribution in [0.5, 0.6) is 0 Å². The quantitative estimate of drug-likeness (QED) is 0.937. The van der Waals surface area contributed by atoms with Crippen molar-refractivity contribution in [1.82, 2.24) is 9.78 Å². The van der Waals surface area contributed by atoms with Crippen molar-refractivity contribution in [2.45, 2.75) is 19.9 Å². The molecule has 4 nitrogen and oxygen atoms in total. The fraction of sp³-hybridized carbons (Fsp3) is 0.231. The van der Waals surface area contributed by atoms with E-state index in [4.69, 9.17) is 5.26 Å². The lowest BCUT2D eigenvalue weighted by Crippen LogP contribution is -2.00. The average molecular weight is 305 g/mol. The molecule has 2 rings (SSSR count). The van der Waals surface area contributed by atoms with Crippen molar-refractivity contribution in [1.29, 1.82) is 5.26 Å². The Bertz CT molecular complexity index is 595. The van der Waals surface area contributed by atoms with E-state index in [0.717, 1.165) is 15.8 Å². The monoisotopic (exact) mass is 304 g/mol. The zero-order valence-electron chi connectivity index (χ0n) is 10.2. The first-order valence-electron chi connectivity index (χ1n) is 5.61. The number of nitrogens with one attached hydrogen (secondary N) is 1. The average Bonchev–Trinajstić information content (AvgIpc) is 2.78. The third-order valence-corrected chi connectivity index (χ3v) is 3.00. The van der Waals surface area contributed by atoms with Crippen LogP contribution in [0.2, 0.25) is 0 Å². The molecule has 0 aliphatic heterocycles. The fourth-order valence-corrected chi connectivity index (χ4v) is 1.92. The van der Waals surface area contributed by atoms with Gasteiger partial charge in [-0.1, -0.05) is 15.9 Å². The molecule has 0 aliphatic rings. The van der Waals surface area contributed by atoms with Crippen molar-refractivity contribution in [3.63, 3.8) is 0 Å². The van der Waals surface area contributed by atoms with Crippen molar-refractivity contribution in [2.75, 3.05) is 5.32 Å². The number of nitriles is 1. The summed E-state index contributed by atoms with van der Waals surface area (Å²) in [6.45, 7) is 4.13.